The van der Waals surface area contributed by atoms with E-state index < -0.39 is 91.0 Å². The summed E-state index contributed by atoms with van der Waals surface area (Å²) in [5.41, 5.74) is 11.3. The van der Waals surface area contributed by atoms with Gasteiger partial charge in [0.05, 0.1) is 12.5 Å². The van der Waals surface area contributed by atoms with Gasteiger partial charge in [-0.05, 0) is 31.7 Å². The summed E-state index contributed by atoms with van der Waals surface area (Å²) in [6.07, 6.45) is -1.58. The first kappa shape index (κ1) is 37.8. The van der Waals surface area contributed by atoms with E-state index in [1.807, 2.05) is 0 Å². The highest BCUT2D eigenvalue weighted by atomic mass is 16.4. The summed E-state index contributed by atoms with van der Waals surface area (Å²) < 4.78 is 0. The van der Waals surface area contributed by atoms with Crippen molar-refractivity contribution in [2.45, 2.75) is 75.7 Å². The van der Waals surface area contributed by atoms with Gasteiger partial charge in [0.1, 0.15) is 24.2 Å². The topological polar surface area (TPSA) is 316 Å². The minimum absolute atomic E-state index is 0.0373. The third kappa shape index (κ3) is 15.2. The van der Waals surface area contributed by atoms with E-state index in [2.05, 4.69) is 26.6 Å². The summed E-state index contributed by atoms with van der Waals surface area (Å²) in [5.74, 6) is -7.97. The van der Waals surface area contributed by atoms with Gasteiger partial charge in [0.25, 0.3) is 0 Å². The third-order valence-electron chi connectivity index (χ3n) is 6.28. The molecule has 0 spiro atoms. The second-order valence-corrected chi connectivity index (χ2v) is 10.1. The maximum Gasteiger partial charge on any atom is 0.326 e. The van der Waals surface area contributed by atoms with Gasteiger partial charge >= 0.3 is 17.9 Å². The van der Waals surface area contributed by atoms with Crippen LogP contribution in [0.3, 0.4) is 0 Å². The number of aliphatic carboxylic acids is 3. The highest BCUT2D eigenvalue weighted by Gasteiger charge is 2.31. The zero-order valence-corrected chi connectivity index (χ0v) is 24.6. The van der Waals surface area contributed by atoms with Crippen LogP contribution in [0.2, 0.25) is 0 Å². The zero-order valence-electron chi connectivity index (χ0n) is 24.6. The Bertz CT molecular complexity index is 1230. The lowest BCUT2D eigenvalue weighted by atomic mass is 10.0. The second-order valence-electron chi connectivity index (χ2n) is 10.1. The maximum absolute atomic E-state index is 13.3. The number of rotatable bonds is 20. The molecule has 0 fully saturated rings. The van der Waals surface area contributed by atoms with E-state index >= 15 is 0 Å². The van der Waals surface area contributed by atoms with Gasteiger partial charge in [-0.25, -0.2) is 4.79 Å². The number of carbonyl (C=O) groups is 7. The van der Waals surface area contributed by atoms with Crippen LogP contribution in [-0.2, 0) is 40.0 Å². The standard InChI is InChI=1S/C27H40N8O10/c1-14(32-23(41)16(28)13-21(38)39)22(40)33-17(9-10-20(36)37)24(42)35-19(12-15-6-3-2-4-7-15)25(43)34-18(26(44)45)8-5-11-31-27(29)30/h2-4,6-7,14,16-19H,5,8-13,28H2,1H3,(H,32,41)(H,33,40)(H,34,43)(H,35,42)(H,36,37)(H,38,39)(H,44,45)(H4,29,30,31)/t14-,16-,17-,18-,19-/m0/s1. The molecule has 5 atom stereocenters. The molecule has 0 saturated carbocycles. The second kappa shape index (κ2) is 19.1. The number of hydrogen-bond donors (Lipinski definition) is 11. The molecule has 4 amide bonds. The molecule has 0 aliphatic heterocycles. The SMILES string of the molecule is C[C@H](NC(=O)[C@@H](N)CC(=O)O)C(=O)N[C@@H](CCC(=O)O)C(=O)N[C@@H](Cc1ccccc1)C(=O)N[C@@H](CCCNC(=N)N)C(=O)O. The van der Waals surface area contributed by atoms with Crippen LogP contribution in [0, 0.1) is 5.41 Å². The van der Waals surface area contributed by atoms with E-state index in [0.717, 1.165) is 0 Å². The third-order valence-corrected chi connectivity index (χ3v) is 6.28. The molecule has 0 radical (unpaired) electrons. The van der Waals surface area contributed by atoms with E-state index in [0.29, 0.717) is 5.56 Å². The van der Waals surface area contributed by atoms with Gasteiger partial charge in [0.15, 0.2) is 5.96 Å². The Kier molecular flexibility index (Phi) is 16.0. The number of nitrogens with two attached hydrogens (primary N) is 2. The smallest absolute Gasteiger partial charge is 0.326 e. The van der Waals surface area contributed by atoms with Crippen molar-refractivity contribution in [1.29, 1.82) is 5.41 Å². The van der Waals surface area contributed by atoms with E-state index in [9.17, 15) is 38.7 Å². The lowest BCUT2D eigenvalue weighted by Crippen LogP contribution is -2.58. The van der Waals surface area contributed by atoms with Gasteiger partial charge in [-0.1, -0.05) is 30.3 Å². The van der Waals surface area contributed by atoms with Gasteiger partial charge in [0, 0.05) is 19.4 Å². The Balaban J connectivity index is 3.12. The van der Waals surface area contributed by atoms with E-state index in [1.54, 1.807) is 30.3 Å². The van der Waals surface area contributed by atoms with E-state index in [1.165, 1.54) is 6.92 Å². The molecular formula is C27H40N8O10. The highest BCUT2D eigenvalue weighted by molar-refractivity contribution is 5.96. The first-order valence-corrected chi connectivity index (χ1v) is 13.9. The van der Waals surface area contributed by atoms with Crippen molar-refractivity contribution in [3.05, 3.63) is 35.9 Å². The van der Waals surface area contributed by atoms with Crippen LogP contribution in [0.4, 0.5) is 0 Å². The van der Waals surface area contributed by atoms with Crippen LogP contribution in [0.15, 0.2) is 30.3 Å². The molecule has 0 saturated heterocycles. The molecular weight excluding hydrogens is 596 g/mol. The van der Waals surface area contributed by atoms with Gasteiger partial charge in [0.2, 0.25) is 23.6 Å². The lowest BCUT2D eigenvalue weighted by Gasteiger charge is -2.25. The molecule has 0 heterocycles. The number of guanidine groups is 1. The number of benzene rings is 1. The lowest BCUT2D eigenvalue weighted by molar-refractivity contribution is -0.142. The highest BCUT2D eigenvalue weighted by Crippen LogP contribution is 2.08. The fourth-order valence-electron chi connectivity index (χ4n) is 3.89. The molecule has 248 valence electrons. The monoisotopic (exact) mass is 636 g/mol. The normalized spacial score (nSPS) is 13.9. The van der Waals surface area contributed by atoms with Gasteiger partial charge in [-0.15, -0.1) is 0 Å². The number of carboxylic acids is 3. The maximum atomic E-state index is 13.3. The predicted octanol–water partition coefficient (Wildman–Crippen LogP) is -2.80. The Morgan fingerprint density at radius 1 is 0.778 bits per heavy atom. The van der Waals surface area contributed by atoms with Crippen LogP contribution in [0.5, 0.6) is 0 Å². The molecule has 45 heavy (non-hydrogen) atoms. The quantitative estimate of drug-likeness (QED) is 0.0392. The van der Waals surface area contributed by atoms with Crippen LogP contribution >= 0.6 is 0 Å². The average molecular weight is 637 g/mol. The predicted molar refractivity (Wildman–Crippen MR) is 157 cm³/mol. The largest absolute Gasteiger partial charge is 0.481 e. The van der Waals surface area contributed by atoms with Crippen molar-refractivity contribution in [2.75, 3.05) is 6.54 Å². The summed E-state index contributed by atoms with van der Waals surface area (Å²) in [6.45, 7) is 1.41. The summed E-state index contributed by atoms with van der Waals surface area (Å²) in [6, 6.07) is 1.43. The molecule has 0 bridgehead atoms. The molecule has 0 unspecified atom stereocenters. The van der Waals surface area contributed by atoms with Crippen molar-refractivity contribution in [3.63, 3.8) is 0 Å². The molecule has 0 aliphatic rings. The van der Waals surface area contributed by atoms with Crippen LogP contribution < -0.4 is 38.1 Å². The molecule has 1 aromatic carbocycles. The molecule has 1 aromatic rings. The summed E-state index contributed by atoms with van der Waals surface area (Å²) in [7, 11) is 0. The van der Waals surface area contributed by atoms with E-state index in [-0.39, 0.29) is 31.8 Å². The Morgan fingerprint density at radius 3 is 1.91 bits per heavy atom. The van der Waals surface area contributed by atoms with Crippen LogP contribution in [0.25, 0.3) is 0 Å². The van der Waals surface area contributed by atoms with Gasteiger partial charge < -0.3 is 53.4 Å². The van der Waals surface area contributed by atoms with Gasteiger partial charge in [-0.2, -0.15) is 0 Å². The Hall–Kier alpha value is -5.26. The number of carbonyl (C=O) groups excluding carboxylic acids is 4. The molecule has 18 heteroatoms. The Labute approximate surface area is 258 Å². The molecule has 13 N–H and O–H groups in total. The van der Waals surface area contributed by atoms with Crippen molar-refractivity contribution in [3.8, 4) is 0 Å². The van der Waals surface area contributed by atoms with Crippen LogP contribution in [-0.4, -0.2) is 99.6 Å². The van der Waals surface area contributed by atoms with Crippen molar-refractivity contribution >= 4 is 47.5 Å². The molecule has 0 aromatic heterocycles. The first-order valence-electron chi connectivity index (χ1n) is 13.9. The molecule has 18 nitrogen and oxygen atoms in total. The number of carboxylic acid groups (broad SMARTS) is 3. The fraction of sp³-hybridized carbons (Fsp3) is 0.481. The summed E-state index contributed by atoms with van der Waals surface area (Å²) in [4.78, 5) is 85.4. The van der Waals surface area contributed by atoms with Crippen molar-refractivity contribution < 1.29 is 48.9 Å². The summed E-state index contributed by atoms with van der Waals surface area (Å²) >= 11 is 0. The first-order chi connectivity index (χ1) is 21.1. The summed E-state index contributed by atoms with van der Waals surface area (Å²) in [5, 5.41) is 46.7. The number of hydrogen-bond acceptors (Lipinski definition) is 9. The Morgan fingerprint density at radius 2 is 1.36 bits per heavy atom. The zero-order chi connectivity index (χ0) is 34.1. The minimum atomic E-state index is -1.50. The van der Waals surface area contributed by atoms with Gasteiger partial charge in [-0.3, -0.25) is 34.2 Å². The van der Waals surface area contributed by atoms with Crippen molar-refractivity contribution in [1.82, 2.24) is 26.6 Å². The molecule has 0 aliphatic carbocycles. The van der Waals surface area contributed by atoms with E-state index in [4.69, 9.17) is 27.1 Å². The fourth-order valence-corrected chi connectivity index (χ4v) is 3.89. The number of nitrogens with one attached hydrogen (secondary N) is 6. The average Bonchev–Trinajstić information content (AvgIpc) is 2.95. The number of amides is 4. The minimum Gasteiger partial charge on any atom is -0.481 e. The molecule has 1 rings (SSSR count). The van der Waals surface area contributed by atoms with Crippen molar-refractivity contribution in [2.24, 2.45) is 11.5 Å². The van der Waals surface area contributed by atoms with Crippen LogP contribution in [0.1, 0.15) is 44.6 Å².